The van der Waals surface area contributed by atoms with E-state index in [2.05, 4.69) is 0 Å². The van der Waals surface area contributed by atoms with Crippen LogP contribution in [0.3, 0.4) is 0 Å². The maximum atomic E-state index is 10.4. The Balaban J connectivity index is 0. The van der Waals surface area contributed by atoms with Crippen LogP contribution in [0.4, 0.5) is 39.2 Å². The summed E-state index contributed by atoms with van der Waals surface area (Å²) in [5.41, 5.74) is 0. The molecular weight excluding hydrogens is 206 g/mol. The van der Waals surface area contributed by atoms with Crippen LogP contribution in [-0.2, 0) is 0 Å². The lowest BCUT2D eigenvalue weighted by molar-refractivity contribution is -0.219. The first-order valence-electron chi connectivity index (χ1n) is 2.16. The molecule has 0 aromatic heterocycles. The Morgan fingerprint density at radius 3 is 0.917 bits per heavy atom. The summed E-state index contributed by atoms with van der Waals surface area (Å²) in [6.07, 6.45) is -9.53. The van der Waals surface area contributed by atoms with Crippen LogP contribution in [0, 0.1) is 0 Å². The van der Waals surface area contributed by atoms with E-state index < -0.39 is 19.9 Å². The van der Waals surface area contributed by atoms with Crippen LogP contribution in [0.15, 0.2) is 0 Å². The fourth-order valence-corrected chi connectivity index (χ4v) is 0. The van der Waals surface area contributed by atoms with E-state index in [0.717, 1.165) is 0 Å². The van der Waals surface area contributed by atoms with Crippen molar-refractivity contribution in [1.82, 2.24) is 0 Å². The summed E-state index contributed by atoms with van der Waals surface area (Å²) in [6.45, 7) is 0. The molecule has 0 heterocycles. The largest absolute Gasteiger partial charge is 0.673 e. The second-order valence-corrected chi connectivity index (χ2v) is 1.34. The molecule has 0 fully saturated rings. The summed E-state index contributed by atoms with van der Waals surface area (Å²) in [6, 6.07) is 0. The maximum absolute atomic E-state index is 10.4. The van der Waals surface area contributed by atoms with Crippen molar-refractivity contribution >= 4 is 7.25 Å². The van der Waals surface area contributed by atoms with Crippen molar-refractivity contribution in [2.45, 2.75) is 12.6 Å². The van der Waals surface area contributed by atoms with Gasteiger partial charge in [-0.15, -0.1) is 0 Å². The predicted molar refractivity (Wildman–Crippen MR) is 22.2 cm³/mol. The topological polar surface area (TPSA) is 0 Å². The van der Waals surface area contributed by atoms with Crippen molar-refractivity contribution in [3.63, 3.8) is 0 Å². The Labute approximate surface area is 60.5 Å². The molecule has 0 radical (unpaired) electrons. The van der Waals surface area contributed by atoms with Gasteiger partial charge in [0.1, 0.15) is 0 Å². The second kappa shape index (κ2) is 4.46. The highest BCUT2D eigenvalue weighted by molar-refractivity contribution is 6.50. The summed E-state index contributed by atoms with van der Waals surface area (Å²) in [7, 11) is -6.00. The zero-order chi connectivity index (χ0) is 10.6. The lowest BCUT2D eigenvalue weighted by Crippen LogP contribution is -2.18. The smallest absolute Gasteiger partial charge is 0.418 e. The van der Waals surface area contributed by atoms with Crippen molar-refractivity contribution in [1.29, 1.82) is 0 Å². The van der Waals surface area contributed by atoms with Gasteiger partial charge in [-0.05, 0) is 0 Å². The normalized spacial score (nSPS) is 12.5. The standard InChI is InChI=1S/C2HF5.BF4/c3-1(4)2(5,6)7;2-1(3,4)5/h1H;/q;-1. The van der Waals surface area contributed by atoms with E-state index in [4.69, 9.17) is 0 Å². The molecule has 0 nitrogen and oxygen atoms in total. The molecule has 0 aliphatic carbocycles. The van der Waals surface area contributed by atoms with Gasteiger partial charge in [0.25, 0.3) is 0 Å². The van der Waals surface area contributed by atoms with Gasteiger partial charge in [-0.25, -0.2) is 8.78 Å². The van der Waals surface area contributed by atoms with Crippen molar-refractivity contribution < 1.29 is 39.2 Å². The maximum Gasteiger partial charge on any atom is 0.673 e. The van der Waals surface area contributed by atoms with Crippen LogP contribution in [0.1, 0.15) is 0 Å². The number of alkyl halides is 5. The van der Waals surface area contributed by atoms with E-state index >= 15 is 0 Å². The van der Waals surface area contributed by atoms with Crippen molar-refractivity contribution in [2.24, 2.45) is 0 Å². The minimum absolute atomic E-state index is 4.20. The molecule has 0 spiro atoms. The van der Waals surface area contributed by atoms with E-state index in [1.807, 2.05) is 0 Å². The van der Waals surface area contributed by atoms with Crippen molar-refractivity contribution in [2.75, 3.05) is 0 Å². The molecule has 0 bridgehead atoms. The Hall–Kier alpha value is -0.565. The molecule has 0 saturated heterocycles. The van der Waals surface area contributed by atoms with Crippen LogP contribution in [0.25, 0.3) is 0 Å². The Morgan fingerprint density at radius 2 is 0.917 bits per heavy atom. The van der Waals surface area contributed by atoms with Crippen molar-refractivity contribution in [3.05, 3.63) is 0 Å². The summed E-state index contributed by atoms with van der Waals surface area (Å²) in [5.74, 6) is 0. The lowest BCUT2D eigenvalue weighted by atomic mass is 10.3. The summed E-state index contributed by atoms with van der Waals surface area (Å²) in [5, 5.41) is 0. The van der Waals surface area contributed by atoms with Gasteiger partial charge in [0, 0.05) is 0 Å². The van der Waals surface area contributed by atoms with Crippen LogP contribution >= 0.6 is 0 Å². The van der Waals surface area contributed by atoms with Crippen LogP contribution in [0.5, 0.6) is 0 Å². The second-order valence-electron chi connectivity index (χ2n) is 1.34. The predicted octanol–water partition coefficient (Wildman–Crippen LogP) is 3.11. The molecule has 0 amide bonds. The Morgan fingerprint density at radius 1 is 0.833 bits per heavy atom. The third kappa shape index (κ3) is 22.7. The number of rotatable bonds is 0. The molecule has 0 aliphatic rings. The highest BCUT2D eigenvalue weighted by atomic mass is 19.5. The third-order valence-electron chi connectivity index (χ3n) is 0.247. The Kier molecular flexibility index (Phi) is 5.20. The molecular formula is C2HBF9-. The number of hydrogen-bond donors (Lipinski definition) is 0. The van der Waals surface area contributed by atoms with Crippen LogP contribution in [0.2, 0.25) is 0 Å². The highest BCUT2D eigenvalue weighted by Crippen LogP contribution is 2.22. The van der Waals surface area contributed by atoms with E-state index in [-0.39, 0.29) is 0 Å². The summed E-state index contributed by atoms with van der Waals surface area (Å²) >= 11 is 0. The first-order valence-corrected chi connectivity index (χ1v) is 2.16. The SMILES string of the molecule is FC(F)C(F)(F)F.F[B-](F)(F)F. The molecule has 0 rings (SSSR count). The fourth-order valence-electron chi connectivity index (χ4n) is 0. The zero-order valence-electron chi connectivity index (χ0n) is 5.06. The third-order valence-corrected chi connectivity index (χ3v) is 0.247. The van der Waals surface area contributed by atoms with Gasteiger partial charge in [0.2, 0.25) is 0 Å². The minimum atomic E-state index is -6.00. The molecule has 0 atom stereocenters. The average Bonchev–Trinajstić information content (AvgIpc) is 1.55. The lowest BCUT2D eigenvalue weighted by Gasteiger charge is -2.00. The zero-order valence-corrected chi connectivity index (χ0v) is 5.06. The van der Waals surface area contributed by atoms with Crippen LogP contribution in [-0.4, -0.2) is 19.9 Å². The van der Waals surface area contributed by atoms with Gasteiger partial charge in [-0.2, -0.15) is 13.2 Å². The van der Waals surface area contributed by atoms with Gasteiger partial charge in [0.05, 0.1) is 0 Å². The molecule has 0 N–H and O–H groups in total. The first-order chi connectivity index (χ1) is 4.94. The number of hydrogen-bond acceptors (Lipinski definition) is 0. The van der Waals surface area contributed by atoms with Crippen LogP contribution < -0.4 is 0 Å². The van der Waals surface area contributed by atoms with Gasteiger partial charge in [-0.1, -0.05) is 0 Å². The molecule has 0 aliphatic heterocycles. The van der Waals surface area contributed by atoms with Gasteiger partial charge >= 0.3 is 19.9 Å². The molecule has 0 aromatic rings. The molecule has 0 unspecified atom stereocenters. The summed E-state index contributed by atoms with van der Waals surface area (Å²) < 4.78 is 91.1. The quantitative estimate of drug-likeness (QED) is 0.422. The molecule has 10 heteroatoms. The van der Waals surface area contributed by atoms with Gasteiger partial charge < -0.3 is 17.3 Å². The molecule has 0 saturated carbocycles. The molecule has 76 valence electrons. The number of halogens is 9. The first kappa shape index (κ1) is 14.0. The molecule has 0 aromatic carbocycles. The highest BCUT2D eigenvalue weighted by Gasteiger charge is 2.40. The van der Waals surface area contributed by atoms with Gasteiger partial charge in [-0.3, -0.25) is 0 Å². The average molecular weight is 207 g/mol. The van der Waals surface area contributed by atoms with E-state index in [1.165, 1.54) is 0 Å². The Bertz CT molecular complexity index is 103. The van der Waals surface area contributed by atoms with E-state index in [9.17, 15) is 39.2 Å². The minimum Gasteiger partial charge on any atom is -0.418 e. The van der Waals surface area contributed by atoms with Gasteiger partial charge in [0.15, 0.2) is 0 Å². The molecule has 12 heavy (non-hydrogen) atoms. The van der Waals surface area contributed by atoms with Crippen molar-refractivity contribution in [3.8, 4) is 0 Å². The fraction of sp³-hybridized carbons (Fsp3) is 1.00. The summed E-state index contributed by atoms with van der Waals surface area (Å²) in [4.78, 5) is 0. The van der Waals surface area contributed by atoms with E-state index in [0.29, 0.717) is 0 Å². The van der Waals surface area contributed by atoms with E-state index in [1.54, 1.807) is 0 Å². The monoisotopic (exact) mass is 207 g/mol.